The molecule has 0 atom stereocenters. The molecule has 0 aliphatic carbocycles. The molecule has 0 saturated carbocycles. The molecule has 0 N–H and O–H groups in total. The van der Waals surface area contributed by atoms with Crippen molar-refractivity contribution < 1.29 is 9.13 Å². The number of benzene rings is 1. The van der Waals surface area contributed by atoms with Gasteiger partial charge < -0.3 is 14.0 Å². The lowest BCUT2D eigenvalue weighted by molar-refractivity contribution is 0.172. The SMILES string of the molecule is CN1c2ccn3ccc(c3n2)-c2cc(ccc2F)OCCN2CCC1CC2. The second-order valence-corrected chi connectivity index (χ2v) is 7.42. The molecule has 0 amide bonds. The first-order valence-electron chi connectivity index (χ1n) is 9.55. The molecule has 2 aromatic heterocycles. The molecule has 5 nitrogen and oxygen atoms in total. The Morgan fingerprint density at radius 3 is 2.70 bits per heavy atom. The van der Waals surface area contributed by atoms with E-state index in [0.717, 1.165) is 49.5 Å². The van der Waals surface area contributed by atoms with Gasteiger partial charge in [0.2, 0.25) is 0 Å². The lowest BCUT2D eigenvalue weighted by Crippen LogP contribution is -2.44. The molecular formula is C21H23FN4O. The zero-order chi connectivity index (χ0) is 18.4. The van der Waals surface area contributed by atoms with Crippen molar-refractivity contribution in [3.05, 3.63) is 48.5 Å². The van der Waals surface area contributed by atoms with Gasteiger partial charge in [-0.2, -0.15) is 0 Å². The van der Waals surface area contributed by atoms with Gasteiger partial charge in [0.15, 0.2) is 0 Å². The lowest BCUT2D eigenvalue weighted by atomic mass is 10.0. The Bertz CT molecular complexity index is 977. The van der Waals surface area contributed by atoms with Crippen LogP contribution in [0.25, 0.3) is 16.8 Å². The van der Waals surface area contributed by atoms with Crippen molar-refractivity contribution in [2.45, 2.75) is 18.9 Å². The van der Waals surface area contributed by atoms with Crippen LogP contribution < -0.4 is 9.64 Å². The Hall–Kier alpha value is -2.60. The van der Waals surface area contributed by atoms with E-state index in [2.05, 4.69) is 16.8 Å². The van der Waals surface area contributed by atoms with Crippen LogP contribution in [0.1, 0.15) is 12.8 Å². The molecule has 0 unspecified atom stereocenters. The van der Waals surface area contributed by atoms with Crippen molar-refractivity contribution in [2.75, 3.05) is 38.2 Å². The number of nitrogens with zero attached hydrogens (tertiary/aromatic N) is 4. The highest BCUT2D eigenvalue weighted by molar-refractivity contribution is 5.80. The van der Waals surface area contributed by atoms with Gasteiger partial charge in [0, 0.05) is 56.2 Å². The number of halogens is 1. The summed E-state index contributed by atoms with van der Waals surface area (Å²) < 4.78 is 22.5. The first-order chi connectivity index (χ1) is 13.2. The second-order valence-electron chi connectivity index (χ2n) is 7.42. The van der Waals surface area contributed by atoms with Crippen LogP contribution in [-0.4, -0.2) is 53.6 Å². The average Bonchev–Trinajstić information content (AvgIpc) is 3.11. The Labute approximate surface area is 158 Å². The molecule has 0 radical (unpaired) electrons. The first kappa shape index (κ1) is 16.6. The van der Waals surface area contributed by atoms with E-state index in [9.17, 15) is 4.39 Å². The van der Waals surface area contributed by atoms with E-state index < -0.39 is 0 Å². The monoisotopic (exact) mass is 366 g/mol. The fourth-order valence-electron chi connectivity index (χ4n) is 4.19. The molecule has 6 rings (SSSR count). The average molecular weight is 366 g/mol. The molecule has 6 bridgehead atoms. The number of rotatable bonds is 0. The summed E-state index contributed by atoms with van der Waals surface area (Å²) in [6, 6.07) is 9.40. The number of piperidine rings is 1. The van der Waals surface area contributed by atoms with Gasteiger partial charge >= 0.3 is 0 Å². The predicted molar refractivity (Wildman–Crippen MR) is 104 cm³/mol. The first-order valence-corrected chi connectivity index (χ1v) is 9.55. The van der Waals surface area contributed by atoms with Crippen LogP contribution in [0, 0.1) is 5.82 Å². The highest BCUT2D eigenvalue weighted by Crippen LogP contribution is 2.32. The number of fused-ring (bicyclic) bond motifs is 4. The molecule has 6 heteroatoms. The molecule has 27 heavy (non-hydrogen) atoms. The summed E-state index contributed by atoms with van der Waals surface area (Å²) in [5.41, 5.74) is 2.08. The number of anilines is 1. The fraction of sp³-hybridized carbons (Fsp3) is 0.381. The van der Waals surface area contributed by atoms with E-state index in [1.54, 1.807) is 12.1 Å². The van der Waals surface area contributed by atoms with Gasteiger partial charge in [0.05, 0.1) is 0 Å². The fourth-order valence-corrected chi connectivity index (χ4v) is 4.19. The van der Waals surface area contributed by atoms with Crippen LogP contribution in [0.5, 0.6) is 5.75 Å². The Morgan fingerprint density at radius 1 is 1.04 bits per heavy atom. The molecule has 140 valence electrons. The van der Waals surface area contributed by atoms with Crippen molar-refractivity contribution in [3.8, 4) is 16.9 Å². The van der Waals surface area contributed by atoms with Crippen molar-refractivity contribution in [3.63, 3.8) is 0 Å². The largest absolute Gasteiger partial charge is 0.492 e. The topological polar surface area (TPSA) is 33.0 Å². The van der Waals surface area contributed by atoms with Gasteiger partial charge in [-0.25, -0.2) is 9.37 Å². The minimum Gasteiger partial charge on any atom is -0.492 e. The van der Waals surface area contributed by atoms with E-state index in [4.69, 9.17) is 9.72 Å². The maximum absolute atomic E-state index is 14.6. The molecule has 1 aromatic carbocycles. The molecule has 5 heterocycles. The summed E-state index contributed by atoms with van der Waals surface area (Å²) >= 11 is 0. The third-order valence-electron chi connectivity index (χ3n) is 5.86. The third-order valence-corrected chi connectivity index (χ3v) is 5.86. The van der Waals surface area contributed by atoms with Gasteiger partial charge in [0.25, 0.3) is 0 Å². The van der Waals surface area contributed by atoms with Crippen LogP contribution in [-0.2, 0) is 0 Å². The van der Waals surface area contributed by atoms with E-state index in [1.807, 2.05) is 28.9 Å². The standard InChI is InChI=1S/C21H23FN4O/c1-24-15-4-8-25(9-5-15)12-13-27-16-2-3-19(22)18(14-16)17-6-10-26-11-7-20(24)23-21(17)26/h2-3,6-7,10-11,14-15H,4-5,8-9,12-13H2,1H3. The van der Waals surface area contributed by atoms with Crippen LogP contribution >= 0.6 is 0 Å². The van der Waals surface area contributed by atoms with Crippen LogP contribution in [0.4, 0.5) is 10.2 Å². The van der Waals surface area contributed by atoms with E-state index in [-0.39, 0.29) is 5.82 Å². The highest BCUT2D eigenvalue weighted by Gasteiger charge is 2.24. The maximum atomic E-state index is 14.6. The third kappa shape index (κ3) is 2.94. The summed E-state index contributed by atoms with van der Waals surface area (Å²) in [4.78, 5) is 9.60. The minimum atomic E-state index is -0.260. The van der Waals surface area contributed by atoms with Crippen LogP contribution in [0.15, 0.2) is 42.7 Å². The van der Waals surface area contributed by atoms with E-state index >= 15 is 0 Å². The molecule has 0 spiro atoms. The highest BCUT2D eigenvalue weighted by atomic mass is 19.1. The summed E-state index contributed by atoms with van der Waals surface area (Å²) in [7, 11) is 2.12. The summed E-state index contributed by atoms with van der Waals surface area (Å²) in [5.74, 6) is 1.37. The second kappa shape index (κ2) is 6.53. The molecule has 1 saturated heterocycles. The zero-order valence-electron chi connectivity index (χ0n) is 15.4. The number of hydrogen-bond donors (Lipinski definition) is 0. The number of aromatic nitrogens is 2. The number of ether oxygens (including phenoxy) is 1. The molecule has 3 aliphatic rings. The van der Waals surface area contributed by atoms with Crippen LogP contribution in [0.3, 0.4) is 0 Å². The maximum Gasteiger partial charge on any atom is 0.147 e. The van der Waals surface area contributed by atoms with Gasteiger partial charge in [0.1, 0.15) is 29.6 Å². The van der Waals surface area contributed by atoms with Crippen molar-refractivity contribution >= 4 is 11.5 Å². The van der Waals surface area contributed by atoms with E-state index in [1.165, 1.54) is 6.07 Å². The summed E-state index contributed by atoms with van der Waals surface area (Å²) in [5, 5.41) is 0. The predicted octanol–water partition coefficient (Wildman–Crippen LogP) is 3.43. The number of hydrogen-bond acceptors (Lipinski definition) is 4. The minimum absolute atomic E-state index is 0.260. The van der Waals surface area contributed by atoms with E-state index in [0.29, 0.717) is 24.0 Å². The van der Waals surface area contributed by atoms with Gasteiger partial charge in [-0.1, -0.05) is 0 Å². The summed E-state index contributed by atoms with van der Waals surface area (Å²) in [6.07, 6.45) is 6.15. The lowest BCUT2D eigenvalue weighted by Gasteiger charge is -2.37. The van der Waals surface area contributed by atoms with Gasteiger partial charge in [-0.05, 0) is 43.2 Å². The van der Waals surface area contributed by atoms with Gasteiger partial charge in [-0.15, -0.1) is 0 Å². The van der Waals surface area contributed by atoms with Gasteiger partial charge in [-0.3, -0.25) is 4.90 Å². The zero-order valence-corrected chi connectivity index (χ0v) is 15.4. The smallest absolute Gasteiger partial charge is 0.147 e. The Kier molecular flexibility index (Phi) is 4.01. The molecule has 3 aliphatic heterocycles. The quantitative estimate of drug-likeness (QED) is 0.610. The van der Waals surface area contributed by atoms with Crippen molar-refractivity contribution in [1.82, 2.24) is 14.3 Å². The van der Waals surface area contributed by atoms with Crippen LogP contribution in [0.2, 0.25) is 0 Å². The Morgan fingerprint density at radius 2 is 1.85 bits per heavy atom. The summed E-state index contributed by atoms with van der Waals surface area (Å²) in [6.45, 7) is 3.63. The molecular weight excluding hydrogens is 343 g/mol. The Balaban J connectivity index is 1.66. The normalized spacial score (nSPS) is 22.5. The van der Waals surface area contributed by atoms with Crippen molar-refractivity contribution in [2.24, 2.45) is 0 Å². The molecule has 3 aromatic rings. The molecule has 1 fully saturated rings. The van der Waals surface area contributed by atoms with Crippen molar-refractivity contribution in [1.29, 1.82) is 0 Å².